The predicted molar refractivity (Wildman–Crippen MR) is 163 cm³/mol. The highest BCUT2D eigenvalue weighted by molar-refractivity contribution is 6.20. The van der Waals surface area contributed by atoms with E-state index in [9.17, 15) is 0 Å². The zero-order valence-electron chi connectivity index (χ0n) is 22.0. The van der Waals surface area contributed by atoms with Crippen LogP contribution < -0.4 is 5.73 Å². The smallest absolute Gasteiger partial charge is 0.145 e. The lowest BCUT2D eigenvalue weighted by atomic mass is 9.80. The summed E-state index contributed by atoms with van der Waals surface area (Å²) < 4.78 is 15.3. The number of furan rings is 1. The van der Waals surface area contributed by atoms with Crippen molar-refractivity contribution < 1.29 is 9.15 Å². The third-order valence-corrected chi connectivity index (χ3v) is 9.16. The lowest BCUT2D eigenvalue weighted by Gasteiger charge is -2.24. The third-order valence-electron chi connectivity index (χ3n) is 9.16. The van der Waals surface area contributed by atoms with E-state index in [4.69, 9.17) is 14.9 Å². The van der Waals surface area contributed by atoms with E-state index in [1.165, 1.54) is 16.3 Å². The average molecular weight is 521 g/mol. The summed E-state index contributed by atoms with van der Waals surface area (Å²) in [5, 5.41) is 3.56. The Balaban J connectivity index is 1.30. The number of nitrogens with two attached hydrogens (primary N) is 1. The second kappa shape index (κ2) is 8.23. The molecule has 9 rings (SSSR count). The monoisotopic (exact) mass is 520 g/mol. The normalized spacial score (nSPS) is 24.6. The third kappa shape index (κ3) is 3.00. The van der Waals surface area contributed by atoms with Crippen molar-refractivity contribution in [2.45, 2.75) is 25.0 Å². The predicted octanol–water partition coefficient (Wildman–Crippen LogP) is 8.15. The molecule has 194 valence electrons. The van der Waals surface area contributed by atoms with Crippen molar-refractivity contribution in [3.8, 4) is 5.69 Å². The van der Waals surface area contributed by atoms with Gasteiger partial charge < -0.3 is 19.5 Å². The Morgan fingerprint density at radius 1 is 0.800 bits per heavy atom. The van der Waals surface area contributed by atoms with Crippen LogP contribution in [0.4, 0.5) is 5.69 Å². The molecule has 0 amide bonds. The molecule has 0 bridgehead atoms. The molecule has 0 radical (unpaired) electrons. The Hall–Kier alpha value is -4.54. The van der Waals surface area contributed by atoms with Crippen LogP contribution >= 0.6 is 0 Å². The Morgan fingerprint density at radius 2 is 1.70 bits per heavy atom. The molecule has 1 aliphatic heterocycles. The lowest BCUT2D eigenvalue weighted by Crippen LogP contribution is -2.20. The molecule has 3 aliphatic carbocycles. The van der Waals surface area contributed by atoms with E-state index in [1.807, 2.05) is 6.07 Å². The Bertz CT molecular complexity index is 2030. The van der Waals surface area contributed by atoms with E-state index < -0.39 is 0 Å². The number of aryl methyl sites for hydroxylation is 1. The number of para-hydroxylation sites is 1. The first-order valence-electron chi connectivity index (χ1n) is 14.2. The number of aromatic nitrogens is 1. The molecule has 1 saturated heterocycles. The number of anilines is 1. The summed E-state index contributed by atoms with van der Waals surface area (Å²) in [6, 6.07) is 19.4. The molecule has 3 heterocycles. The first-order chi connectivity index (χ1) is 19.8. The van der Waals surface area contributed by atoms with Crippen molar-refractivity contribution in [2.75, 3.05) is 5.73 Å². The zero-order chi connectivity index (χ0) is 26.4. The van der Waals surface area contributed by atoms with Gasteiger partial charge >= 0.3 is 0 Å². The summed E-state index contributed by atoms with van der Waals surface area (Å²) in [4.78, 5) is 0. The average Bonchev–Trinajstić information content (AvgIpc) is 3.66. The molecule has 4 unspecified atom stereocenters. The maximum absolute atomic E-state index is 6.80. The van der Waals surface area contributed by atoms with Gasteiger partial charge in [-0.2, -0.15) is 0 Å². The number of nitrogens with zero attached hydrogens (tertiary/aromatic N) is 1. The molecule has 1 fully saturated rings. The first kappa shape index (κ1) is 22.3. The highest BCUT2D eigenvalue weighted by Crippen LogP contribution is 2.46. The minimum Gasteiger partial charge on any atom is -0.456 e. The number of rotatable bonds is 2. The minimum absolute atomic E-state index is 0.0834. The number of hydrogen-bond acceptors (Lipinski definition) is 3. The summed E-state index contributed by atoms with van der Waals surface area (Å²) in [6.07, 6.45) is 22.1. The fourth-order valence-corrected chi connectivity index (χ4v) is 7.39. The van der Waals surface area contributed by atoms with E-state index in [1.54, 1.807) is 0 Å². The molecule has 5 aromatic rings. The van der Waals surface area contributed by atoms with Crippen LogP contribution in [-0.2, 0) is 11.2 Å². The van der Waals surface area contributed by atoms with Gasteiger partial charge in [0.1, 0.15) is 11.3 Å². The number of nitrogen functional groups attached to an aromatic ring is 1. The van der Waals surface area contributed by atoms with Gasteiger partial charge in [-0.3, -0.25) is 0 Å². The Labute approximate surface area is 232 Å². The van der Waals surface area contributed by atoms with E-state index in [0.717, 1.165) is 63.1 Å². The standard InChI is InChI=1S/C36H28N2O2/c37-27-11-7-13-29(34(27)21-16-19-33-26(20-21)23-9-3-5-14-31(23)39-33)38-28-12-4-1-10-25(28)35-30(38)18-17-24-22-8-2-6-15-32(22)40-36(24)35/h1,3-7,9-20,23,26,31,33H,2,8,37H2. The maximum atomic E-state index is 6.80. The van der Waals surface area contributed by atoms with Crippen molar-refractivity contribution in [3.05, 3.63) is 120 Å². The van der Waals surface area contributed by atoms with Gasteiger partial charge in [0.25, 0.3) is 0 Å². The lowest BCUT2D eigenvalue weighted by molar-refractivity contribution is 0.0885. The van der Waals surface area contributed by atoms with Crippen LogP contribution in [0.15, 0.2) is 108 Å². The van der Waals surface area contributed by atoms with Crippen LogP contribution in [0.25, 0.3) is 50.1 Å². The molecule has 4 aliphatic rings. The topological polar surface area (TPSA) is 53.3 Å². The number of allylic oxidation sites excluding steroid dienone is 5. The van der Waals surface area contributed by atoms with E-state index >= 15 is 0 Å². The van der Waals surface area contributed by atoms with Crippen LogP contribution in [0.1, 0.15) is 23.3 Å². The van der Waals surface area contributed by atoms with Crippen LogP contribution in [0.5, 0.6) is 0 Å². The fraction of sp³-hybridized carbons (Fsp3) is 0.167. The molecule has 2 aromatic heterocycles. The van der Waals surface area contributed by atoms with Gasteiger partial charge in [-0.1, -0.05) is 72.9 Å². The molecule has 2 N–H and O–H groups in total. The largest absolute Gasteiger partial charge is 0.456 e. The highest BCUT2D eigenvalue weighted by atomic mass is 16.5. The number of hydrogen-bond donors (Lipinski definition) is 1. The van der Waals surface area contributed by atoms with E-state index in [-0.39, 0.29) is 18.1 Å². The molecule has 0 spiro atoms. The van der Waals surface area contributed by atoms with Crippen molar-refractivity contribution in [1.29, 1.82) is 0 Å². The number of benzene rings is 3. The minimum atomic E-state index is 0.0834. The molecular formula is C36H28N2O2. The maximum Gasteiger partial charge on any atom is 0.145 e. The van der Waals surface area contributed by atoms with Gasteiger partial charge in [-0.15, -0.1) is 0 Å². The first-order valence-corrected chi connectivity index (χ1v) is 14.2. The molecule has 3 aromatic carbocycles. The van der Waals surface area contributed by atoms with Gasteiger partial charge in [0.2, 0.25) is 0 Å². The van der Waals surface area contributed by atoms with Crippen molar-refractivity contribution in [2.24, 2.45) is 11.8 Å². The second-order valence-corrected chi connectivity index (χ2v) is 11.3. The Morgan fingerprint density at radius 3 is 2.67 bits per heavy atom. The van der Waals surface area contributed by atoms with Crippen molar-refractivity contribution in [3.63, 3.8) is 0 Å². The summed E-state index contributed by atoms with van der Waals surface area (Å²) in [7, 11) is 0. The van der Waals surface area contributed by atoms with Crippen LogP contribution in [0, 0.1) is 11.8 Å². The molecule has 4 heteroatoms. The summed E-state index contributed by atoms with van der Waals surface area (Å²) in [5.74, 6) is 1.61. The van der Waals surface area contributed by atoms with Crippen molar-refractivity contribution >= 4 is 50.1 Å². The number of fused-ring (bicyclic) bond motifs is 10. The quantitative estimate of drug-likeness (QED) is 0.239. The van der Waals surface area contributed by atoms with Crippen molar-refractivity contribution in [1.82, 2.24) is 4.57 Å². The summed E-state index contributed by atoms with van der Waals surface area (Å²) in [6.45, 7) is 0. The van der Waals surface area contributed by atoms with Crippen LogP contribution in [-0.4, -0.2) is 16.8 Å². The van der Waals surface area contributed by atoms with Gasteiger partial charge in [-0.05, 0) is 54.8 Å². The van der Waals surface area contributed by atoms with Crippen LogP contribution in [0.3, 0.4) is 0 Å². The van der Waals surface area contributed by atoms with Crippen LogP contribution in [0.2, 0.25) is 0 Å². The fourth-order valence-electron chi connectivity index (χ4n) is 7.39. The SMILES string of the molecule is Nc1cccc(-n2c3ccccc3c3c4oc5c(c4ccc32)CCC=C5)c1C1=CC2C(C=C1)OC1C=CC=CC12. The number of ether oxygens (including phenoxy) is 1. The highest BCUT2D eigenvalue weighted by Gasteiger charge is 2.41. The van der Waals surface area contributed by atoms with Gasteiger partial charge in [0.15, 0.2) is 0 Å². The second-order valence-electron chi connectivity index (χ2n) is 11.3. The summed E-state index contributed by atoms with van der Waals surface area (Å²) in [5.41, 5.74) is 15.4. The molecule has 4 atom stereocenters. The van der Waals surface area contributed by atoms with Gasteiger partial charge in [0.05, 0.1) is 34.3 Å². The van der Waals surface area contributed by atoms with E-state index in [0.29, 0.717) is 5.92 Å². The molecular weight excluding hydrogens is 492 g/mol. The molecule has 40 heavy (non-hydrogen) atoms. The Kier molecular flexibility index (Phi) is 4.59. The summed E-state index contributed by atoms with van der Waals surface area (Å²) >= 11 is 0. The van der Waals surface area contributed by atoms with E-state index in [2.05, 4.69) is 108 Å². The van der Waals surface area contributed by atoms with Gasteiger partial charge in [0, 0.05) is 39.4 Å². The van der Waals surface area contributed by atoms with Gasteiger partial charge in [-0.25, -0.2) is 0 Å². The molecule has 4 nitrogen and oxygen atoms in total. The zero-order valence-corrected chi connectivity index (χ0v) is 22.0. The molecule has 0 saturated carbocycles.